The summed E-state index contributed by atoms with van der Waals surface area (Å²) in [5.41, 5.74) is 0.507. The third-order valence-corrected chi connectivity index (χ3v) is 5.72. The molecule has 2 N–H and O–H groups in total. The Morgan fingerprint density at radius 2 is 1.80 bits per heavy atom. The molecule has 0 saturated carbocycles. The topological polar surface area (TPSA) is 70.6 Å². The lowest BCUT2D eigenvalue weighted by molar-refractivity contribution is 0.594. The molecule has 8 heteroatoms. The second-order valence-electron chi connectivity index (χ2n) is 5.22. The van der Waals surface area contributed by atoms with Gasteiger partial charge in [0.1, 0.15) is 5.82 Å². The highest BCUT2D eigenvalue weighted by molar-refractivity contribution is 9.10. The Bertz CT molecular complexity index is 839. The maximum absolute atomic E-state index is 13.6. The second kappa shape index (κ2) is 8.96. The van der Waals surface area contributed by atoms with Gasteiger partial charge in [0.05, 0.1) is 10.6 Å². The van der Waals surface area contributed by atoms with E-state index in [2.05, 4.69) is 31.6 Å². The summed E-state index contributed by atoms with van der Waals surface area (Å²) in [5, 5.41) is 5.88. The highest BCUT2D eigenvalue weighted by Gasteiger charge is 2.14. The summed E-state index contributed by atoms with van der Waals surface area (Å²) in [4.78, 5) is 4.28. The Hall–Kier alpha value is -1.93. The van der Waals surface area contributed by atoms with Crippen molar-refractivity contribution < 1.29 is 12.8 Å². The molecule has 0 bridgehead atoms. The maximum atomic E-state index is 13.6. The smallest absolute Gasteiger partial charge is 0.191 e. The van der Waals surface area contributed by atoms with Gasteiger partial charge in [0.25, 0.3) is 0 Å². The summed E-state index contributed by atoms with van der Waals surface area (Å²) in [5.74, 6) is 0.0344. The third-order valence-electron chi connectivity index (χ3n) is 3.46. The monoisotopic (exact) mass is 427 g/mol. The maximum Gasteiger partial charge on any atom is 0.191 e. The first-order valence-corrected chi connectivity index (χ1v) is 10.0. The lowest BCUT2D eigenvalue weighted by atomic mass is 10.2. The van der Waals surface area contributed by atoms with Crippen molar-refractivity contribution in [2.24, 2.45) is 4.99 Å². The molecule has 0 aliphatic heterocycles. The van der Waals surface area contributed by atoms with Crippen LogP contribution in [0.5, 0.6) is 0 Å². The van der Waals surface area contributed by atoms with Crippen LogP contribution in [0.4, 0.5) is 4.39 Å². The first kappa shape index (κ1) is 19.4. The molecule has 0 unspecified atom stereocenters. The average Bonchev–Trinajstić information content (AvgIpc) is 2.59. The minimum absolute atomic E-state index is 0.0744. The van der Waals surface area contributed by atoms with E-state index >= 15 is 0 Å². The Morgan fingerprint density at radius 1 is 1.12 bits per heavy atom. The summed E-state index contributed by atoms with van der Waals surface area (Å²) in [6.07, 6.45) is 0. The standard InChI is InChI=1S/C17H19BrFN3O2S/c1-20-17(22-12-13-4-2-3-5-16(13)19)21-10-11-25(23,24)15-8-6-14(18)7-9-15/h2-9H,10-12H2,1H3,(H2,20,21,22). The molecule has 0 aromatic heterocycles. The van der Waals surface area contributed by atoms with Crippen molar-refractivity contribution in [3.8, 4) is 0 Å². The lowest BCUT2D eigenvalue weighted by Gasteiger charge is -2.12. The predicted molar refractivity (Wildman–Crippen MR) is 101 cm³/mol. The fraction of sp³-hybridized carbons (Fsp3) is 0.235. The molecule has 2 rings (SSSR count). The molecule has 0 aliphatic rings. The number of rotatable bonds is 6. The van der Waals surface area contributed by atoms with Crippen molar-refractivity contribution in [2.75, 3.05) is 19.3 Å². The highest BCUT2D eigenvalue weighted by atomic mass is 79.9. The molecule has 0 amide bonds. The van der Waals surface area contributed by atoms with E-state index in [1.807, 2.05) is 0 Å². The van der Waals surface area contributed by atoms with Gasteiger partial charge in [-0.3, -0.25) is 4.99 Å². The third kappa shape index (κ3) is 5.82. The molecule has 25 heavy (non-hydrogen) atoms. The normalized spacial score (nSPS) is 12.0. The van der Waals surface area contributed by atoms with Crippen LogP contribution in [0.25, 0.3) is 0 Å². The Morgan fingerprint density at radius 3 is 2.44 bits per heavy atom. The van der Waals surface area contributed by atoms with Gasteiger partial charge in [-0.1, -0.05) is 34.1 Å². The van der Waals surface area contributed by atoms with Crippen LogP contribution in [0.3, 0.4) is 0 Å². The van der Waals surface area contributed by atoms with E-state index in [9.17, 15) is 12.8 Å². The summed E-state index contributed by atoms with van der Waals surface area (Å²) in [6.45, 7) is 0.446. The average molecular weight is 428 g/mol. The van der Waals surface area contributed by atoms with Crippen LogP contribution in [0.2, 0.25) is 0 Å². The summed E-state index contributed by atoms with van der Waals surface area (Å²) >= 11 is 3.28. The van der Waals surface area contributed by atoms with Crippen LogP contribution < -0.4 is 10.6 Å². The number of nitrogens with one attached hydrogen (secondary N) is 2. The van der Waals surface area contributed by atoms with Gasteiger partial charge in [-0.2, -0.15) is 0 Å². The number of halogens is 2. The van der Waals surface area contributed by atoms with Crippen LogP contribution >= 0.6 is 15.9 Å². The fourth-order valence-corrected chi connectivity index (χ4v) is 3.53. The molecule has 0 fully saturated rings. The molecule has 5 nitrogen and oxygen atoms in total. The van der Waals surface area contributed by atoms with Crippen LogP contribution in [-0.2, 0) is 16.4 Å². The number of guanidine groups is 1. The van der Waals surface area contributed by atoms with Crippen molar-refractivity contribution in [3.63, 3.8) is 0 Å². The number of hydrogen-bond acceptors (Lipinski definition) is 3. The van der Waals surface area contributed by atoms with Crippen LogP contribution in [0.15, 0.2) is 62.9 Å². The number of aliphatic imine (C=N–C) groups is 1. The zero-order valence-electron chi connectivity index (χ0n) is 13.7. The minimum atomic E-state index is -3.38. The molecule has 2 aromatic rings. The number of benzene rings is 2. The number of hydrogen-bond donors (Lipinski definition) is 2. The molecule has 0 atom stereocenters. The van der Waals surface area contributed by atoms with Gasteiger partial charge in [-0.15, -0.1) is 0 Å². The van der Waals surface area contributed by atoms with E-state index in [0.29, 0.717) is 11.5 Å². The van der Waals surface area contributed by atoms with E-state index < -0.39 is 9.84 Å². The first-order valence-electron chi connectivity index (χ1n) is 7.58. The van der Waals surface area contributed by atoms with Crippen molar-refractivity contribution in [1.82, 2.24) is 10.6 Å². The van der Waals surface area contributed by atoms with E-state index in [1.54, 1.807) is 49.5 Å². The van der Waals surface area contributed by atoms with Crippen molar-refractivity contribution in [3.05, 3.63) is 64.4 Å². The Labute approximate surface area is 155 Å². The molecule has 0 aliphatic carbocycles. The molecular weight excluding hydrogens is 409 g/mol. The zero-order valence-corrected chi connectivity index (χ0v) is 16.1. The summed E-state index contributed by atoms with van der Waals surface area (Å²) in [6, 6.07) is 12.9. The highest BCUT2D eigenvalue weighted by Crippen LogP contribution is 2.15. The summed E-state index contributed by atoms with van der Waals surface area (Å²) in [7, 11) is -1.81. The van der Waals surface area contributed by atoms with Gasteiger partial charge in [-0.05, 0) is 30.3 Å². The van der Waals surface area contributed by atoms with E-state index in [0.717, 1.165) is 4.47 Å². The Balaban J connectivity index is 1.86. The van der Waals surface area contributed by atoms with Crippen molar-refractivity contribution >= 4 is 31.7 Å². The predicted octanol–water partition coefficient (Wildman–Crippen LogP) is 2.73. The van der Waals surface area contributed by atoms with Gasteiger partial charge >= 0.3 is 0 Å². The molecule has 0 spiro atoms. The van der Waals surface area contributed by atoms with Gasteiger partial charge < -0.3 is 10.6 Å². The summed E-state index contributed by atoms with van der Waals surface area (Å²) < 4.78 is 39.0. The first-order chi connectivity index (χ1) is 11.9. The van der Waals surface area contributed by atoms with Crippen molar-refractivity contribution in [1.29, 1.82) is 0 Å². The van der Waals surface area contributed by atoms with Crippen molar-refractivity contribution in [2.45, 2.75) is 11.4 Å². The van der Waals surface area contributed by atoms with Crippen LogP contribution in [0, 0.1) is 5.82 Å². The van der Waals surface area contributed by atoms with Crippen LogP contribution in [0.1, 0.15) is 5.56 Å². The zero-order chi connectivity index (χ0) is 18.3. The molecule has 0 saturated heterocycles. The van der Waals surface area contributed by atoms with Crippen LogP contribution in [-0.4, -0.2) is 33.7 Å². The second-order valence-corrected chi connectivity index (χ2v) is 8.24. The largest absolute Gasteiger partial charge is 0.355 e. The quantitative estimate of drug-likeness (QED) is 0.549. The molecule has 0 heterocycles. The Kier molecular flexibility index (Phi) is 6.95. The molecule has 2 aromatic carbocycles. The van der Waals surface area contributed by atoms with E-state index in [4.69, 9.17) is 0 Å². The number of sulfone groups is 1. The molecular formula is C17H19BrFN3O2S. The molecule has 134 valence electrons. The lowest BCUT2D eigenvalue weighted by Crippen LogP contribution is -2.39. The van der Waals surface area contributed by atoms with Gasteiger partial charge in [-0.25, -0.2) is 12.8 Å². The molecule has 0 radical (unpaired) electrons. The SMILES string of the molecule is CN=C(NCCS(=O)(=O)c1ccc(Br)cc1)NCc1ccccc1F. The number of nitrogens with zero attached hydrogens (tertiary/aromatic N) is 1. The van der Waals surface area contributed by atoms with Gasteiger partial charge in [0, 0.05) is 30.2 Å². The van der Waals surface area contributed by atoms with E-state index in [-0.39, 0.29) is 29.6 Å². The van der Waals surface area contributed by atoms with Gasteiger partial charge in [0.2, 0.25) is 0 Å². The minimum Gasteiger partial charge on any atom is -0.355 e. The van der Waals surface area contributed by atoms with Gasteiger partial charge in [0.15, 0.2) is 15.8 Å². The van der Waals surface area contributed by atoms with E-state index in [1.165, 1.54) is 6.07 Å². The fourth-order valence-electron chi connectivity index (χ4n) is 2.10.